The topological polar surface area (TPSA) is 81.7 Å². The Morgan fingerprint density at radius 1 is 1.38 bits per heavy atom. The number of hydrogen-bond acceptors (Lipinski definition) is 5. The Bertz CT molecular complexity index is 626. The van der Waals surface area contributed by atoms with Crippen LogP contribution in [0.25, 0.3) is 0 Å². The van der Waals surface area contributed by atoms with Crippen molar-refractivity contribution in [2.75, 3.05) is 25.2 Å². The predicted molar refractivity (Wildman–Crippen MR) is 78.4 cm³/mol. The molecule has 6 nitrogen and oxygen atoms in total. The van der Waals surface area contributed by atoms with Crippen molar-refractivity contribution in [3.05, 3.63) is 23.8 Å². The summed E-state index contributed by atoms with van der Waals surface area (Å²) in [5.74, 6) is 0.847. The summed E-state index contributed by atoms with van der Waals surface area (Å²) in [6, 6.07) is 5.10. The van der Waals surface area contributed by atoms with E-state index in [9.17, 15) is 13.2 Å². The van der Waals surface area contributed by atoms with Crippen LogP contribution in [-0.2, 0) is 14.6 Å². The monoisotopic (exact) mass is 313 g/mol. The summed E-state index contributed by atoms with van der Waals surface area (Å²) in [5.41, 5.74) is 1.03. The Balaban J connectivity index is 1.87. The molecule has 2 rings (SSSR count). The lowest BCUT2D eigenvalue weighted by atomic mass is 10.2. The van der Waals surface area contributed by atoms with Gasteiger partial charge < -0.3 is 14.8 Å². The molecule has 1 fully saturated rings. The van der Waals surface area contributed by atoms with Crippen LogP contribution in [-0.4, -0.2) is 45.6 Å². The molecule has 1 aromatic rings. The van der Waals surface area contributed by atoms with Crippen LogP contribution in [0.5, 0.6) is 11.5 Å². The van der Waals surface area contributed by atoms with Crippen molar-refractivity contribution < 1.29 is 22.7 Å². The molecule has 0 bridgehead atoms. The van der Waals surface area contributed by atoms with E-state index < -0.39 is 9.84 Å². The van der Waals surface area contributed by atoms with Crippen LogP contribution in [0.4, 0.5) is 0 Å². The molecule has 1 heterocycles. The van der Waals surface area contributed by atoms with E-state index in [1.165, 1.54) is 7.11 Å². The molecule has 1 aromatic carbocycles. The fourth-order valence-electron chi connectivity index (χ4n) is 2.22. The molecule has 1 saturated heterocycles. The van der Waals surface area contributed by atoms with Crippen molar-refractivity contribution in [1.82, 2.24) is 5.32 Å². The number of benzene rings is 1. The highest BCUT2D eigenvalue weighted by Gasteiger charge is 2.28. The number of methoxy groups -OCH3 is 1. The maximum Gasteiger partial charge on any atom is 0.258 e. The fraction of sp³-hybridized carbons (Fsp3) is 0.500. The van der Waals surface area contributed by atoms with Crippen LogP contribution in [0.1, 0.15) is 12.0 Å². The third-order valence-electron chi connectivity index (χ3n) is 3.28. The number of ether oxygens (including phenoxy) is 2. The molecule has 1 atom stereocenters. The number of nitrogens with one attached hydrogen (secondary N) is 1. The van der Waals surface area contributed by atoms with Gasteiger partial charge >= 0.3 is 0 Å². The van der Waals surface area contributed by atoms with Crippen LogP contribution in [0, 0.1) is 6.92 Å². The normalized spacial score (nSPS) is 20.0. The molecule has 1 aliphatic rings. The quantitative estimate of drug-likeness (QED) is 0.865. The molecule has 0 spiro atoms. The van der Waals surface area contributed by atoms with Crippen molar-refractivity contribution in [2.24, 2.45) is 0 Å². The van der Waals surface area contributed by atoms with Crippen LogP contribution in [0.2, 0.25) is 0 Å². The molecule has 116 valence electrons. The Morgan fingerprint density at radius 3 is 2.76 bits per heavy atom. The first kappa shape index (κ1) is 15.6. The number of aryl methyl sites for hydroxylation is 1. The van der Waals surface area contributed by atoms with Gasteiger partial charge in [-0.05, 0) is 31.0 Å². The SMILES string of the molecule is COc1cc(C)ccc1OCC(=O)NC1CCS(=O)(=O)C1. The minimum Gasteiger partial charge on any atom is -0.493 e. The molecular weight excluding hydrogens is 294 g/mol. The summed E-state index contributed by atoms with van der Waals surface area (Å²) < 4.78 is 33.2. The van der Waals surface area contributed by atoms with Gasteiger partial charge in [0.1, 0.15) is 0 Å². The van der Waals surface area contributed by atoms with E-state index in [2.05, 4.69) is 5.32 Å². The molecule has 1 N–H and O–H groups in total. The Morgan fingerprint density at radius 2 is 2.14 bits per heavy atom. The van der Waals surface area contributed by atoms with Crippen molar-refractivity contribution >= 4 is 15.7 Å². The number of rotatable bonds is 5. The second-order valence-electron chi connectivity index (χ2n) is 5.11. The Labute approximate surface area is 124 Å². The van der Waals surface area contributed by atoms with Gasteiger partial charge in [-0.2, -0.15) is 0 Å². The smallest absolute Gasteiger partial charge is 0.258 e. The lowest BCUT2D eigenvalue weighted by Crippen LogP contribution is -2.38. The predicted octanol–water partition coefficient (Wildman–Crippen LogP) is 0.686. The largest absolute Gasteiger partial charge is 0.493 e. The van der Waals surface area contributed by atoms with E-state index in [0.717, 1.165) is 5.56 Å². The molecule has 0 aliphatic carbocycles. The van der Waals surface area contributed by atoms with Crippen LogP contribution >= 0.6 is 0 Å². The first-order valence-corrected chi connectivity index (χ1v) is 8.49. The number of amides is 1. The van der Waals surface area contributed by atoms with Gasteiger partial charge in [-0.3, -0.25) is 4.79 Å². The summed E-state index contributed by atoms with van der Waals surface area (Å²) in [5, 5.41) is 2.67. The van der Waals surface area contributed by atoms with Gasteiger partial charge in [0.25, 0.3) is 5.91 Å². The molecule has 0 saturated carbocycles. The highest BCUT2D eigenvalue weighted by molar-refractivity contribution is 7.91. The van der Waals surface area contributed by atoms with Crippen LogP contribution in [0.15, 0.2) is 18.2 Å². The molecule has 0 aromatic heterocycles. The lowest BCUT2D eigenvalue weighted by molar-refractivity contribution is -0.123. The second-order valence-corrected chi connectivity index (χ2v) is 7.34. The molecule has 1 unspecified atom stereocenters. The molecule has 0 radical (unpaired) electrons. The highest BCUT2D eigenvalue weighted by Crippen LogP contribution is 2.27. The van der Waals surface area contributed by atoms with Crippen molar-refractivity contribution in [3.63, 3.8) is 0 Å². The summed E-state index contributed by atoms with van der Waals surface area (Å²) in [6.45, 7) is 1.76. The maximum atomic E-state index is 11.8. The zero-order valence-corrected chi connectivity index (χ0v) is 12.9. The standard InChI is InChI=1S/C14H19NO5S/c1-10-3-4-12(13(7-10)19-2)20-8-14(16)15-11-5-6-21(17,18)9-11/h3-4,7,11H,5-6,8-9H2,1-2H3,(H,15,16). The molecular formula is C14H19NO5S. The molecule has 21 heavy (non-hydrogen) atoms. The van der Waals surface area contributed by atoms with Crippen LogP contribution < -0.4 is 14.8 Å². The lowest BCUT2D eigenvalue weighted by Gasteiger charge is -2.13. The van der Waals surface area contributed by atoms with E-state index in [-0.39, 0.29) is 30.1 Å². The summed E-state index contributed by atoms with van der Waals surface area (Å²) in [6.07, 6.45) is 0.460. The molecule has 7 heteroatoms. The number of hydrogen-bond donors (Lipinski definition) is 1. The summed E-state index contributed by atoms with van der Waals surface area (Å²) >= 11 is 0. The number of carbonyl (C=O) groups excluding carboxylic acids is 1. The van der Waals surface area contributed by atoms with E-state index in [4.69, 9.17) is 9.47 Å². The summed E-state index contributed by atoms with van der Waals surface area (Å²) in [4.78, 5) is 11.8. The van der Waals surface area contributed by atoms with E-state index >= 15 is 0 Å². The average Bonchev–Trinajstić information content (AvgIpc) is 2.76. The van der Waals surface area contributed by atoms with Crippen molar-refractivity contribution in [2.45, 2.75) is 19.4 Å². The minimum atomic E-state index is -3.00. The Kier molecular flexibility index (Phi) is 4.72. The molecule has 1 aliphatic heterocycles. The summed E-state index contributed by atoms with van der Waals surface area (Å²) in [7, 11) is -1.47. The zero-order valence-electron chi connectivity index (χ0n) is 12.1. The third-order valence-corrected chi connectivity index (χ3v) is 5.04. The minimum absolute atomic E-state index is 0.00654. The van der Waals surface area contributed by atoms with Gasteiger partial charge in [0, 0.05) is 6.04 Å². The fourth-order valence-corrected chi connectivity index (χ4v) is 3.89. The van der Waals surface area contributed by atoms with E-state index in [1.807, 2.05) is 19.1 Å². The Hall–Kier alpha value is -1.76. The third kappa shape index (κ3) is 4.35. The average molecular weight is 313 g/mol. The maximum absolute atomic E-state index is 11.8. The van der Waals surface area contributed by atoms with Gasteiger partial charge in [0.05, 0.1) is 18.6 Å². The zero-order chi connectivity index (χ0) is 15.5. The van der Waals surface area contributed by atoms with Crippen molar-refractivity contribution in [3.8, 4) is 11.5 Å². The number of carbonyl (C=O) groups is 1. The first-order valence-electron chi connectivity index (χ1n) is 6.67. The van der Waals surface area contributed by atoms with Gasteiger partial charge in [-0.1, -0.05) is 6.07 Å². The van der Waals surface area contributed by atoms with Gasteiger partial charge in [-0.15, -0.1) is 0 Å². The molecule has 1 amide bonds. The van der Waals surface area contributed by atoms with E-state index in [1.54, 1.807) is 6.07 Å². The van der Waals surface area contributed by atoms with Crippen molar-refractivity contribution in [1.29, 1.82) is 0 Å². The first-order chi connectivity index (χ1) is 9.89. The van der Waals surface area contributed by atoms with E-state index in [0.29, 0.717) is 17.9 Å². The van der Waals surface area contributed by atoms with Gasteiger partial charge in [0.2, 0.25) is 0 Å². The number of sulfone groups is 1. The van der Waals surface area contributed by atoms with Gasteiger partial charge in [0.15, 0.2) is 27.9 Å². The van der Waals surface area contributed by atoms with Crippen LogP contribution in [0.3, 0.4) is 0 Å². The second kappa shape index (κ2) is 6.34. The van der Waals surface area contributed by atoms with Gasteiger partial charge in [-0.25, -0.2) is 8.42 Å². The highest BCUT2D eigenvalue weighted by atomic mass is 32.2.